The summed E-state index contributed by atoms with van der Waals surface area (Å²) in [4.78, 5) is 36.5. The molecule has 1 heterocycles. The second-order valence-electron chi connectivity index (χ2n) is 3.21. The van der Waals surface area contributed by atoms with E-state index < -0.39 is 5.91 Å². The van der Waals surface area contributed by atoms with Crippen molar-refractivity contribution in [1.82, 2.24) is 9.88 Å². The van der Waals surface area contributed by atoms with E-state index in [1.54, 1.807) is 0 Å². The van der Waals surface area contributed by atoms with E-state index in [0.717, 1.165) is 4.90 Å². The highest BCUT2D eigenvalue weighted by Gasteiger charge is 2.16. The fourth-order valence-corrected chi connectivity index (χ4v) is 1.22. The molecule has 0 atom stereocenters. The molecule has 0 bridgehead atoms. The van der Waals surface area contributed by atoms with E-state index in [0.29, 0.717) is 31.2 Å². The number of rotatable bonds is 6. The van der Waals surface area contributed by atoms with Gasteiger partial charge in [-0.2, -0.15) is 0 Å². The van der Waals surface area contributed by atoms with Crippen LogP contribution in [0.1, 0.15) is 27.3 Å². The summed E-state index contributed by atoms with van der Waals surface area (Å²) in [6.45, 7) is 0.677. The van der Waals surface area contributed by atoms with E-state index in [9.17, 15) is 14.4 Å². The third kappa shape index (κ3) is 2.77. The van der Waals surface area contributed by atoms with Crippen molar-refractivity contribution in [1.29, 1.82) is 0 Å². The molecule has 16 heavy (non-hydrogen) atoms. The summed E-state index contributed by atoms with van der Waals surface area (Å²) in [5.74, 6) is -0.462. The Balaban J connectivity index is 2.74. The monoisotopic (exact) mass is 223 g/mol. The molecule has 0 radical (unpaired) electrons. The van der Waals surface area contributed by atoms with Crippen molar-refractivity contribution in [3.63, 3.8) is 0 Å². The first-order valence-electron chi connectivity index (χ1n) is 4.83. The lowest BCUT2D eigenvalue weighted by Crippen LogP contribution is -2.31. The van der Waals surface area contributed by atoms with Crippen molar-refractivity contribution in [3.05, 3.63) is 23.5 Å². The zero-order valence-corrected chi connectivity index (χ0v) is 8.68. The van der Waals surface area contributed by atoms with E-state index in [2.05, 4.69) is 4.98 Å². The lowest BCUT2D eigenvalue weighted by Gasteiger charge is -2.13. The molecule has 3 N–H and O–H groups in total. The number of nitrogens with two attached hydrogens (primary N) is 1. The molecule has 0 fully saturated rings. The maximum Gasteiger partial charge on any atom is 0.276 e. The summed E-state index contributed by atoms with van der Waals surface area (Å²) < 4.78 is 0. The zero-order valence-electron chi connectivity index (χ0n) is 8.68. The highest BCUT2D eigenvalue weighted by molar-refractivity contribution is 5.99. The molecule has 0 saturated carbocycles. The van der Waals surface area contributed by atoms with Crippen LogP contribution in [0, 0.1) is 0 Å². The van der Waals surface area contributed by atoms with E-state index in [-0.39, 0.29) is 12.2 Å². The molecule has 0 spiro atoms. The van der Waals surface area contributed by atoms with Gasteiger partial charge in [0, 0.05) is 18.3 Å². The Morgan fingerprint density at radius 3 is 2.75 bits per heavy atom. The second kappa shape index (κ2) is 5.82. The van der Waals surface area contributed by atoms with Gasteiger partial charge in [-0.15, -0.1) is 0 Å². The first-order valence-corrected chi connectivity index (χ1v) is 4.83. The van der Waals surface area contributed by atoms with Crippen molar-refractivity contribution < 1.29 is 14.4 Å². The third-order valence-electron chi connectivity index (χ3n) is 2.06. The van der Waals surface area contributed by atoms with Crippen molar-refractivity contribution in [2.75, 3.05) is 13.1 Å². The number of hydrogen-bond donors (Lipinski definition) is 2. The maximum absolute atomic E-state index is 11.7. The van der Waals surface area contributed by atoms with E-state index >= 15 is 0 Å². The van der Waals surface area contributed by atoms with Gasteiger partial charge >= 0.3 is 0 Å². The van der Waals surface area contributed by atoms with Crippen molar-refractivity contribution in [3.8, 4) is 0 Å². The van der Waals surface area contributed by atoms with Crippen LogP contribution >= 0.6 is 0 Å². The highest BCUT2D eigenvalue weighted by Crippen LogP contribution is 2.04. The maximum atomic E-state index is 11.7. The van der Waals surface area contributed by atoms with Crippen LogP contribution in [0.5, 0.6) is 0 Å². The van der Waals surface area contributed by atoms with E-state index in [4.69, 9.17) is 5.73 Å². The van der Waals surface area contributed by atoms with Gasteiger partial charge in [-0.25, -0.2) is 0 Å². The Hall–Kier alpha value is -1.95. The SMILES string of the molecule is NCCCN(C=O)C(=O)c1cc(C=O)c[nH]1. The molecule has 1 aromatic heterocycles. The van der Waals surface area contributed by atoms with Crippen LogP contribution < -0.4 is 5.73 Å². The molecule has 2 amide bonds. The number of carbonyl (C=O) groups is 3. The standard InChI is InChI=1S/C10H13N3O3/c11-2-1-3-13(7-15)10(16)9-4-8(6-14)5-12-9/h4-7,12H,1-3,11H2. The van der Waals surface area contributed by atoms with Crippen LogP contribution in [0.15, 0.2) is 12.3 Å². The fraction of sp³-hybridized carbons (Fsp3) is 0.300. The summed E-state index contributed by atoms with van der Waals surface area (Å²) in [6.07, 6.45) is 3.04. The molecule has 0 aromatic carbocycles. The number of imide groups is 1. The number of aromatic amines is 1. The van der Waals surface area contributed by atoms with Crippen molar-refractivity contribution in [2.24, 2.45) is 5.73 Å². The average Bonchev–Trinajstić information content (AvgIpc) is 2.78. The Bertz CT molecular complexity index is 386. The first-order chi connectivity index (χ1) is 7.72. The summed E-state index contributed by atoms with van der Waals surface area (Å²) in [5.41, 5.74) is 5.87. The molecule has 1 rings (SSSR count). The van der Waals surface area contributed by atoms with Gasteiger partial charge in [0.25, 0.3) is 5.91 Å². The lowest BCUT2D eigenvalue weighted by molar-refractivity contribution is -0.116. The predicted octanol–water partition coefficient (Wildman–Crippen LogP) is -0.225. The molecular weight excluding hydrogens is 210 g/mol. The van der Waals surface area contributed by atoms with Gasteiger partial charge in [-0.3, -0.25) is 19.3 Å². The summed E-state index contributed by atoms with van der Waals surface area (Å²) >= 11 is 0. The van der Waals surface area contributed by atoms with Crippen LogP contribution in [0.3, 0.4) is 0 Å². The minimum Gasteiger partial charge on any atom is -0.356 e. The fourth-order valence-electron chi connectivity index (χ4n) is 1.22. The Morgan fingerprint density at radius 2 is 2.25 bits per heavy atom. The van der Waals surface area contributed by atoms with Crippen molar-refractivity contribution in [2.45, 2.75) is 6.42 Å². The summed E-state index contributed by atoms with van der Waals surface area (Å²) in [6, 6.07) is 1.40. The molecule has 0 aliphatic rings. The van der Waals surface area contributed by atoms with Gasteiger partial charge in [0.15, 0.2) is 6.29 Å². The molecule has 6 heteroatoms. The van der Waals surface area contributed by atoms with Crippen molar-refractivity contribution >= 4 is 18.6 Å². The second-order valence-corrected chi connectivity index (χ2v) is 3.21. The van der Waals surface area contributed by atoms with Crippen LogP contribution in [-0.4, -0.2) is 41.6 Å². The van der Waals surface area contributed by atoms with Crippen LogP contribution in [0.25, 0.3) is 0 Å². The minimum atomic E-state index is -0.462. The topological polar surface area (TPSA) is 96.3 Å². The lowest BCUT2D eigenvalue weighted by atomic mass is 10.3. The normalized spacial score (nSPS) is 9.81. The Kier molecular flexibility index (Phi) is 4.41. The largest absolute Gasteiger partial charge is 0.356 e. The molecule has 1 aromatic rings. The van der Waals surface area contributed by atoms with Gasteiger partial charge in [0.05, 0.1) is 0 Å². The van der Waals surface area contributed by atoms with Crippen LogP contribution in [-0.2, 0) is 4.79 Å². The molecule has 6 nitrogen and oxygen atoms in total. The molecule has 0 saturated heterocycles. The number of H-pyrrole nitrogens is 1. The number of nitrogens with zero attached hydrogens (tertiary/aromatic N) is 1. The number of aldehydes is 1. The number of nitrogens with one attached hydrogen (secondary N) is 1. The first kappa shape index (κ1) is 12.1. The van der Waals surface area contributed by atoms with E-state index in [1.807, 2.05) is 0 Å². The molecule has 0 aliphatic carbocycles. The van der Waals surface area contributed by atoms with Gasteiger partial charge in [0.1, 0.15) is 5.69 Å². The number of carbonyl (C=O) groups excluding carboxylic acids is 3. The smallest absolute Gasteiger partial charge is 0.276 e. The summed E-state index contributed by atoms with van der Waals surface area (Å²) in [5, 5.41) is 0. The predicted molar refractivity (Wildman–Crippen MR) is 57.0 cm³/mol. The highest BCUT2D eigenvalue weighted by atomic mass is 16.2. The van der Waals surface area contributed by atoms with Crippen LogP contribution in [0.2, 0.25) is 0 Å². The number of amides is 2. The Labute approximate surface area is 92.4 Å². The average molecular weight is 223 g/mol. The van der Waals surface area contributed by atoms with Gasteiger partial charge in [0.2, 0.25) is 6.41 Å². The molecule has 86 valence electrons. The summed E-state index contributed by atoms with van der Waals surface area (Å²) in [7, 11) is 0. The zero-order chi connectivity index (χ0) is 12.0. The molecular formula is C10H13N3O3. The molecule has 0 aliphatic heterocycles. The van der Waals surface area contributed by atoms with Gasteiger partial charge in [-0.1, -0.05) is 0 Å². The number of hydrogen-bond acceptors (Lipinski definition) is 4. The minimum absolute atomic E-state index is 0.214. The molecule has 0 unspecified atom stereocenters. The Morgan fingerprint density at radius 1 is 1.50 bits per heavy atom. The number of aromatic nitrogens is 1. The van der Waals surface area contributed by atoms with Gasteiger partial charge < -0.3 is 10.7 Å². The quantitative estimate of drug-likeness (QED) is 0.651. The van der Waals surface area contributed by atoms with E-state index in [1.165, 1.54) is 12.3 Å². The van der Waals surface area contributed by atoms with Gasteiger partial charge in [-0.05, 0) is 19.0 Å². The third-order valence-corrected chi connectivity index (χ3v) is 2.06. The van der Waals surface area contributed by atoms with Crippen LogP contribution in [0.4, 0.5) is 0 Å².